The van der Waals surface area contributed by atoms with Gasteiger partial charge in [-0.3, -0.25) is 4.90 Å². The van der Waals surface area contributed by atoms with E-state index in [9.17, 15) is 4.79 Å². The molecule has 3 nitrogen and oxygen atoms in total. The van der Waals surface area contributed by atoms with Crippen LogP contribution in [0.15, 0.2) is 35.9 Å². The first kappa shape index (κ1) is 14.7. The molecule has 0 saturated carbocycles. The van der Waals surface area contributed by atoms with Crippen LogP contribution in [-0.2, 0) is 11.3 Å². The fourth-order valence-corrected chi connectivity index (χ4v) is 1.74. The Balaban J connectivity index is 2.53. The third-order valence-corrected chi connectivity index (χ3v) is 2.92. The number of rotatable bonds is 6. The lowest BCUT2D eigenvalue weighted by atomic mass is 10.2. The molecular weight excluding hydrogens is 250 g/mol. The molecule has 18 heavy (non-hydrogen) atoms. The van der Waals surface area contributed by atoms with Crippen molar-refractivity contribution in [3.63, 3.8) is 0 Å². The van der Waals surface area contributed by atoms with E-state index in [1.807, 2.05) is 38.2 Å². The Hall–Kier alpha value is -1.32. The SMILES string of the molecule is CCC(=CCN(C)Cc1ccc(Cl)cc1)C(=O)O. The molecule has 0 aliphatic rings. The number of carbonyl (C=O) groups is 1. The highest BCUT2D eigenvalue weighted by atomic mass is 35.5. The number of benzene rings is 1. The van der Waals surface area contributed by atoms with Gasteiger partial charge in [-0.1, -0.05) is 36.7 Å². The van der Waals surface area contributed by atoms with E-state index in [-0.39, 0.29) is 0 Å². The van der Waals surface area contributed by atoms with Gasteiger partial charge in [-0.2, -0.15) is 0 Å². The van der Waals surface area contributed by atoms with Crippen molar-refractivity contribution in [2.45, 2.75) is 19.9 Å². The van der Waals surface area contributed by atoms with Crippen molar-refractivity contribution in [3.8, 4) is 0 Å². The molecule has 0 unspecified atom stereocenters. The van der Waals surface area contributed by atoms with Crippen LogP contribution >= 0.6 is 11.6 Å². The van der Waals surface area contributed by atoms with Gasteiger partial charge in [0.1, 0.15) is 0 Å². The number of likely N-dealkylation sites (N-methyl/N-ethyl adjacent to an activating group) is 1. The molecule has 98 valence electrons. The van der Waals surface area contributed by atoms with Gasteiger partial charge in [0.25, 0.3) is 0 Å². The lowest BCUT2D eigenvalue weighted by Crippen LogP contribution is -2.18. The molecule has 0 radical (unpaired) electrons. The molecule has 0 aromatic heterocycles. The monoisotopic (exact) mass is 267 g/mol. The summed E-state index contributed by atoms with van der Waals surface area (Å²) < 4.78 is 0. The van der Waals surface area contributed by atoms with Crippen molar-refractivity contribution in [1.82, 2.24) is 4.90 Å². The molecule has 0 amide bonds. The van der Waals surface area contributed by atoms with Gasteiger partial charge in [0.05, 0.1) is 0 Å². The minimum atomic E-state index is -0.836. The third kappa shape index (κ3) is 4.90. The van der Waals surface area contributed by atoms with E-state index in [4.69, 9.17) is 16.7 Å². The van der Waals surface area contributed by atoms with Crippen LogP contribution in [0.4, 0.5) is 0 Å². The summed E-state index contributed by atoms with van der Waals surface area (Å²) in [6.45, 7) is 3.24. The van der Waals surface area contributed by atoms with Crippen LogP contribution in [0, 0.1) is 0 Å². The van der Waals surface area contributed by atoms with Crippen LogP contribution in [-0.4, -0.2) is 29.6 Å². The van der Waals surface area contributed by atoms with Gasteiger partial charge in [-0.15, -0.1) is 0 Å². The van der Waals surface area contributed by atoms with Crippen LogP contribution in [0.1, 0.15) is 18.9 Å². The van der Waals surface area contributed by atoms with Crippen LogP contribution in [0.2, 0.25) is 5.02 Å². The quantitative estimate of drug-likeness (QED) is 0.805. The van der Waals surface area contributed by atoms with Crippen LogP contribution in [0.25, 0.3) is 0 Å². The largest absolute Gasteiger partial charge is 0.478 e. The number of halogens is 1. The molecule has 1 aromatic rings. The fourth-order valence-electron chi connectivity index (χ4n) is 1.61. The smallest absolute Gasteiger partial charge is 0.331 e. The van der Waals surface area contributed by atoms with Crippen LogP contribution < -0.4 is 0 Å². The Morgan fingerprint density at radius 2 is 2.00 bits per heavy atom. The van der Waals surface area contributed by atoms with Gasteiger partial charge >= 0.3 is 5.97 Å². The molecule has 0 heterocycles. The second-order valence-electron chi connectivity index (χ2n) is 4.21. The highest BCUT2D eigenvalue weighted by Crippen LogP contribution is 2.11. The Morgan fingerprint density at radius 3 is 2.50 bits per heavy atom. The third-order valence-electron chi connectivity index (χ3n) is 2.67. The zero-order chi connectivity index (χ0) is 13.5. The van der Waals surface area contributed by atoms with E-state index in [0.29, 0.717) is 18.5 Å². The van der Waals surface area contributed by atoms with Crippen LogP contribution in [0.5, 0.6) is 0 Å². The fraction of sp³-hybridized carbons (Fsp3) is 0.357. The van der Waals surface area contributed by atoms with Crippen LogP contribution in [0.3, 0.4) is 0 Å². The molecule has 0 saturated heterocycles. The Kier molecular flexibility index (Phi) is 5.89. The molecule has 0 aliphatic heterocycles. The average Bonchev–Trinajstić information content (AvgIpc) is 2.32. The molecule has 0 aliphatic carbocycles. The average molecular weight is 268 g/mol. The maximum absolute atomic E-state index is 10.8. The molecule has 0 spiro atoms. The van der Waals surface area contributed by atoms with Gasteiger partial charge in [0.15, 0.2) is 0 Å². The van der Waals surface area contributed by atoms with Crippen molar-refractivity contribution in [1.29, 1.82) is 0 Å². The standard InChI is InChI=1S/C14H18ClNO2/c1-3-12(14(17)18)8-9-16(2)10-11-4-6-13(15)7-5-11/h4-8H,3,9-10H2,1-2H3,(H,17,18). The number of aliphatic carboxylic acids is 1. The number of hydrogen-bond donors (Lipinski definition) is 1. The maximum Gasteiger partial charge on any atom is 0.331 e. The van der Waals surface area contributed by atoms with Gasteiger partial charge < -0.3 is 5.11 Å². The van der Waals surface area contributed by atoms with Crippen molar-refractivity contribution >= 4 is 17.6 Å². The molecule has 1 rings (SSSR count). The summed E-state index contributed by atoms with van der Waals surface area (Å²) in [4.78, 5) is 12.9. The number of nitrogens with zero attached hydrogens (tertiary/aromatic N) is 1. The molecule has 0 atom stereocenters. The second kappa shape index (κ2) is 7.19. The highest BCUT2D eigenvalue weighted by molar-refractivity contribution is 6.30. The van der Waals surface area contributed by atoms with E-state index in [2.05, 4.69) is 4.90 Å². The topological polar surface area (TPSA) is 40.5 Å². The van der Waals surface area contributed by atoms with Gasteiger partial charge in [0, 0.05) is 23.7 Å². The molecule has 4 heteroatoms. The Labute approximate surface area is 113 Å². The Bertz CT molecular complexity index is 426. The normalized spacial score (nSPS) is 11.9. The highest BCUT2D eigenvalue weighted by Gasteiger charge is 2.05. The summed E-state index contributed by atoms with van der Waals surface area (Å²) in [6.07, 6.45) is 2.31. The van der Waals surface area contributed by atoms with Crippen molar-refractivity contribution in [3.05, 3.63) is 46.5 Å². The second-order valence-corrected chi connectivity index (χ2v) is 4.65. The first-order chi connectivity index (χ1) is 8.52. The lowest BCUT2D eigenvalue weighted by Gasteiger charge is -2.15. The van der Waals surface area contributed by atoms with Crippen molar-refractivity contribution in [2.24, 2.45) is 0 Å². The molecular formula is C14H18ClNO2. The van der Waals surface area contributed by atoms with Gasteiger partial charge in [0.2, 0.25) is 0 Å². The van der Waals surface area contributed by atoms with Crippen molar-refractivity contribution < 1.29 is 9.90 Å². The summed E-state index contributed by atoms with van der Waals surface area (Å²) in [5.74, 6) is -0.836. The first-order valence-electron chi connectivity index (χ1n) is 5.88. The predicted octanol–water partition coefficient (Wildman–Crippen LogP) is 3.19. The molecule has 1 aromatic carbocycles. The summed E-state index contributed by atoms with van der Waals surface area (Å²) in [7, 11) is 1.96. The van der Waals surface area contributed by atoms with Gasteiger partial charge in [-0.05, 0) is 31.2 Å². The molecule has 0 bridgehead atoms. The zero-order valence-corrected chi connectivity index (χ0v) is 11.4. The molecule has 0 fully saturated rings. The number of carboxylic acid groups (broad SMARTS) is 1. The summed E-state index contributed by atoms with van der Waals surface area (Å²) in [5, 5.41) is 9.63. The predicted molar refractivity (Wildman–Crippen MR) is 73.8 cm³/mol. The van der Waals surface area contributed by atoms with E-state index in [0.717, 1.165) is 17.1 Å². The Morgan fingerprint density at radius 1 is 1.39 bits per heavy atom. The summed E-state index contributed by atoms with van der Waals surface area (Å²) in [6, 6.07) is 7.66. The first-order valence-corrected chi connectivity index (χ1v) is 6.26. The van der Waals surface area contributed by atoms with E-state index < -0.39 is 5.97 Å². The minimum absolute atomic E-state index is 0.456. The van der Waals surface area contributed by atoms with Crippen molar-refractivity contribution in [2.75, 3.05) is 13.6 Å². The minimum Gasteiger partial charge on any atom is -0.478 e. The van der Waals surface area contributed by atoms with Gasteiger partial charge in [-0.25, -0.2) is 4.79 Å². The number of hydrogen-bond acceptors (Lipinski definition) is 2. The summed E-state index contributed by atoms with van der Waals surface area (Å²) in [5.41, 5.74) is 1.61. The lowest BCUT2D eigenvalue weighted by molar-refractivity contribution is -0.132. The van der Waals surface area contributed by atoms with E-state index in [1.165, 1.54) is 0 Å². The summed E-state index contributed by atoms with van der Waals surface area (Å²) >= 11 is 5.82. The van der Waals surface area contributed by atoms with E-state index in [1.54, 1.807) is 6.08 Å². The maximum atomic E-state index is 10.8. The zero-order valence-electron chi connectivity index (χ0n) is 10.7. The number of carboxylic acids is 1. The van der Waals surface area contributed by atoms with E-state index >= 15 is 0 Å². The molecule has 1 N–H and O–H groups in total.